The molecule has 2 aromatic heterocycles. The van der Waals surface area contributed by atoms with Crippen LogP contribution < -0.4 is 15.5 Å². The van der Waals surface area contributed by atoms with Crippen LogP contribution in [0.15, 0.2) is 103 Å². The lowest BCUT2D eigenvalue weighted by atomic mass is 10.0. The van der Waals surface area contributed by atoms with E-state index in [0.717, 1.165) is 120 Å². The number of nitrogens with one attached hydrogen (secondary N) is 2. The Morgan fingerprint density at radius 2 is 1.56 bits per heavy atom. The molecular weight excluding hydrogens is 889 g/mol. The van der Waals surface area contributed by atoms with Gasteiger partial charge in [-0.05, 0) is 97.0 Å². The third-order valence-electron chi connectivity index (χ3n) is 14.8. The van der Waals surface area contributed by atoms with Crippen LogP contribution in [0, 0.1) is 11.8 Å². The van der Waals surface area contributed by atoms with E-state index in [0.29, 0.717) is 55.5 Å². The summed E-state index contributed by atoms with van der Waals surface area (Å²) in [4.78, 5) is 76.5. The average Bonchev–Trinajstić information content (AvgIpc) is 3.74. The third-order valence-corrected chi connectivity index (χ3v) is 14.8. The van der Waals surface area contributed by atoms with Gasteiger partial charge in [0.2, 0.25) is 11.8 Å². The Hall–Kier alpha value is -7.73. The third kappa shape index (κ3) is 9.76. The van der Waals surface area contributed by atoms with Crippen molar-refractivity contribution < 1.29 is 19.2 Å². The molecule has 5 aliphatic rings. The number of pyridine rings is 1. The van der Waals surface area contributed by atoms with Gasteiger partial charge in [-0.15, -0.1) is 0 Å². The number of benzene rings is 4. The number of fused-ring (bicyclic) bond motifs is 3. The fraction of sp³-hybridized carbons (Fsp3) is 0.316. The van der Waals surface area contributed by atoms with E-state index in [9.17, 15) is 19.2 Å². The molecule has 1 unspecified atom stereocenters. The summed E-state index contributed by atoms with van der Waals surface area (Å²) in [7, 11) is 1.87. The maximum atomic E-state index is 13.8. The topological polar surface area (TPSA) is 147 Å². The molecule has 4 aromatic carbocycles. The Morgan fingerprint density at radius 3 is 2.32 bits per heavy atom. The molecule has 7 heterocycles. The summed E-state index contributed by atoms with van der Waals surface area (Å²) in [5, 5.41) is 6.66. The van der Waals surface area contributed by atoms with Gasteiger partial charge in [0.15, 0.2) is 5.82 Å². The van der Waals surface area contributed by atoms with Crippen LogP contribution in [0.4, 0.5) is 11.5 Å². The number of nitrogens with zero attached hydrogens (tertiary/aromatic N) is 8. The molecular formula is C57H56N10O4. The standard InChI is InChI=1S/C57H56N10O4/c1-58-54-48-24-28-66(37-50(48)60-53(62-54)43-33-42-6-2-3-7-49(42)59-35-43)56(70)41-16-14-40(15-17-41)13-12-39-10-8-38(9-11-39)5-4-25-63-29-31-65(32-30-63)45-22-26-64(27-23-45)46-18-19-47-44(34-46)36-67(57(47)71)51-20-21-52(68)61-55(51)69/h2-3,6-19,33-35,45,51H,20-32,36-37H2,1H3,(H,58,60,62)(H,61,68,69)/b13-12+. The van der Waals surface area contributed by atoms with Gasteiger partial charge in [-0.3, -0.25) is 39.3 Å². The van der Waals surface area contributed by atoms with Gasteiger partial charge in [-0.2, -0.15) is 0 Å². The van der Waals surface area contributed by atoms with Gasteiger partial charge in [0.1, 0.15) is 11.9 Å². The fourth-order valence-electron chi connectivity index (χ4n) is 10.7. The van der Waals surface area contributed by atoms with Gasteiger partial charge in [0, 0.05) is 117 Å². The molecule has 11 rings (SSSR count). The van der Waals surface area contributed by atoms with Gasteiger partial charge >= 0.3 is 0 Å². The molecule has 3 fully saturated rings. The summed E-state index contributed by atoms with van der Waals surface area (Å²) in [6.45, 7) is 8.15. The number of piperazine rings is 1. The number of hydrogen-bond donors (Lipinski definition) is 2. The number of amides is 4. The molecule has 0 aliphatic carbocycles. The highest BCUT2D eigenvalue weighted by atomic mass is 16.2. The largest absolute Gasteiger partial charge is 0.373 e. The molecule has 3 saturated heterocycles. The van der Waals surface area contributed by atoms with E-state index in [1.54, 1.807) is 4.90 Å². The zero-order chi connectivity index (χ0) is 48.4. The quantitative estimate of drug-likeness (QED) is 0.0931. The van der Waals surface area contributed by atoms with Crippen molar-refractivity contribution in [2.45, 2.75) is 57.3 Å². The van der Waals surface area contributed by atoms with E-state index in [-0.39, 0.29) is 30.0 Å². The van der Waals surface area contributed by atoms with Crippen molar-refractivity contribution in [3.8, 4) is 23.2 Å². The van der Waals surface area contributed by atoms with Crippen LogP contribution in [0.3, 0.4) is 0 Å². The van der Waals surface area contributed by atoms with Crippen LogP contribution in [0.25, 0.3) is 34.4 Å². The molecule has 358 valence electrons. The van der Waals surface area contributed by atoms with Gasteiger partial charge < -0.3 is 20.0 Å². The van der Waals surface area contributed by atoms with Crippen molar-refractivity contribution in [1.82, 2.24) is 39.9 Å². The Balaban J connectivity index is 0.621. The normalized spacial score (nSPS) is 18.9. The smallest absolute Gasteiger partial charge is 0.255 e. The molecule has 1 atom stereocenters. The van der Waals surface area contributed by atoms with Crippen LogP contribution in [-0.2, 0) is 29.1 Å². The number of carbonyl (C=O) groups excluding carboxylic acids is 4. The summed E-state index contributed by atoms with van der Waals surface area (Å²) >= 11 is 0. The minimum atomic E-state index is -0.598. The first-order chi connectivity index (χ1) is 34.7. The average molecular weight is 945 g/mol. The lowest BCUT2D eigenvalue weighted by Crippen LogP contribution is -2.53. The molecule has 0 radical (unpaired) electrons. The first kappa shape index (κ1) is 45.7. The molecule has 0 spiro atoms. The number of piperidine rings is 2. The number of para-hydroxylation sites is 1. The van der Waals surface area contributed by atoms with Crippen LogP contribution in [0.5, 0.6) is 0 Å². The second-order valence-corrected chi connectivity index (χ2v) is 19.1. The Bertz CT molecular complexity index is 3130. The summed E-state index contributed by atoms with van der Waals surface area (Å²) in [5.41, 5.74) is 10.1. The van der Waals surface area contributed by atoms with Crippen LogP contribution in [0.2, 0.25) is 0 Å². The number of aromatic nitrogens is 3. The fourth-order valence-corrected chi connectivity index (χ4v) is 10.7. The highest BCUT2D eigenvalue weighted by Crippen LogP contribution is 2.33. The SMILES string of the molecule is CNc1nc(-c2cnc3ccccc3c2)nc2c1CCN(C(=O)c1ccc(/C=C/c3ccc(C#CCN4CCN(C5CCN(c6ccc7c(c6)CN(C6CCC(=O)NC6=O)C7=O)CC5)CC4)cc3)cc1)C2. The van der Waals surface area contributed by atoms with Gasteiger partial charge in [0.05, 0.1) is 24.3 Å². The minimum absolute atomic E-state index is 0.0181. The van der Waals surface area contributed by atoms with Crippen molar-refractivity contribution in [2.75, 3.05) is 69.6 Å². The molecule has 6 aromatic rings. The second kappa shape index (κ2) is 19.9. The molecule has 71 heavy (non-hydrogen) atoms. The summed E-state index contributed by atoms with van der Waals surface area (Å²) < 4.78 is 0. The van der Waals surface area contributed by atoms with E-state index in [4.69, 9.17) is 9.97 Å². The zero-order valence-electron chi connectivity index (χ0n) is 39.9. The molecule has 14 nitrogen and oxygen atoms in total. The maximum absolute atomic E-state index is 13.8. The van der Waals surface area contributed by atoms with Crippen molar-refractivity contribution in [2.24, 2.45) is 0 Å². The first-order valence-electron chi connectivity index (χ1n) is 24.8. The lowest BCUT2D eigenvalue weighted by molar-refractivity contribution is -0.136. The number of hydrogen-bond acceptors (Lipinski definition) is 11. The Morgan fingerprint density at radius 1 is 0.803 bits per heavy atom. The Kier molecular flexibility index (Phi) is 12.8. The van der Waals surface area contributed by atoms with E-state index < -0.39 is 6.04 Å². The van der Waals surface area contributed by atoms with Gasteiger partial charge in [-0.1, -0.05) is 66.5 Å². The van der Waals surface area contributed by atoms with Crippen molar-refractivity contribution >= 4 is 58.2 Å². The highest BCUT2D eigenvalue weighted by Gasteiger charge is 2.39. The van der Waals surface area contributed by atoms with Crippen LogP contribution in [0.1, 0.15) is 79.9 Å². The van der Waals surface area contributed by atoms with Crippen molar-refractivity contribution in [3.63, 3.8) is 0 Å². The lowest BCUT2D eigenvalue weighted by Gasteiger charge is -2.43. The van der Waals surface area contributed by atoms with Gasteiger partial charge in [0.25, 0.3) is 11.8 Å². The number of anilines is 2. The predicted octanol–water partition coefficient (Wildman–Crippen LogP) is 6.50. The molecule has 0 saturated carbocycles. The Labute approximate surface area is 413 Å². The molecule has 0 bridgehead atoms. The first-order valence-corrected chi connectivity index (χ1v) is 24.8. The van der Waals surface area contributed by atoms with Crippen LogP contribution in [-0.4, -0.2) is 130 Å². The minimum Gasteiger partial charge on any atom is -0.373 e. The number of rotatable bonds is 9. The molecule has 4 amide bonds. The molecule has 2 N–H and O–H groups in total. The van der Waals surface area contributed by atoms with Crippen molar-refractivity contribution in [3.05, 3.63) is 148 Å². The summed E-state index contributed by atoms with van der Waals surface area (Å²) in [6, 6.07) is 32.1. The molecule has 5 aliphatic heterocycles. The summed E-state index contributed by atoms with van der Waals surface area (Å²) in [6.07, 6.45) is 9.43. The van der Waals surface area contributed by atoms with E-state index in [1.165, 1.54) is 0 Å². The van der Waals surface area contributed by atoms with Crippen LogP contribution >= 0.6 is 0 Å². The second-order valence-electron chi connectivity index (χ2n) is 19.1. The van der Waals surface area contributed by atoms with E-state index in [1.807, 2.05) is 78.8 Å². The number of carbonyl (C=O) groups is 4. The number of imide groups is 1. The highest BCUT2D eigenvalue weighted by molar-refractivity contribution is 6.05. The predicted molar refractivity (Wildman–Crippen MR) is 275 cm³/mol. The summed E-state index contributed by atoms with van der Waals surface area (Å²) in [5.74, 6) is 7.35. The molecule has 14 heteroatoms. The van der Waals surface area contributed by atoms with Crippen molar-refractivity contribution in [1.29, 1.82) is 0 Å². The zero-order valence-corrected chi connectivity index (χ0v) is 39.9. The van der Waals surface area contributed by atoms with E-state index >= 15 is 0 Å². The maximum Gasteiger partial charge on any atom is 0.255 e. The monoisotopic (exact) mass is 944 g/mol. The van der Waals surface area contributed by atoms with Gasteiger partial charge in [-0.25, -0.2) is 9.97 Å². The van der Waals surface area contributed by atoms with E-state index in [2.05, 4.69) is 90.7 Å².